The molecule has 4 nitrogen and oxygen atoms in total. The molecule has 0 saturated carbocycles. The van der Waals surface area contributed by atoms with Gasteiger partial charge in [0.15, 0.2) is 0 Å². The first-order valence-electron chi connectivity index (χ1n) is 7.03. The number of benzene rings is 2. The van der Waals surface area contributed by atoms with E-state index in [9.17, 15) is 8.42 Å². The van der Waals surface area contributed by atoms with Crippen molar-refractivity contribution in [3.63, 3.8) is 0 Å². The molecule has 0 fully saturated rings. The molecule has 0 unspecified atom stereocenters. The molecule has 0 aliphatic heterocycles. The van der Waals surface area contributed by atoms with Crippen molar-refractivity contribution in [2.45, 2.75) is 25.0 Å². The van der Waals surface area contributed by atoms with Crippen molar-refractivity contribution in [3.05, 3.63) is 63.1 Å². The van der Waals surface area contributed by atoms with Crippen molar-refractivity contribution in [2.75, 3.05) is 6.61 Å². The van der Waals surface area contributed by atoms with Gasteiger partial charge in [0.25, 0.3) is 0 Å². The van der Waals surface area contributed by atoms with E-state index in [1.54, 1.807) is 12.1 Å². The van der Waals surface area contributed by atoms with Crippen LogP contribution in [0.2, 0.25) is 5.02 Å². The Kier molecular flexibility index (Phi) is 6.61. The molecule has 124 valence electrons. The van der Waals surface area contributed by atoms with Crippen molar-refractivity contribution in [3.8, 4) is 0 Å². The minimum Gasteiger partial charge on any atom is -0.377 e. The number of hydrogen-bond acceptors (Lipinski definition) is 3. The average Bonchev–Trinajstić information content (AvgIpc) is 2.51. The Morgan fingerprint density at radius 1 is 1.17 bits per heavy atom. The Bertz CT molecular complexity index is 781. The minimum atomic E-state index is -3.69. The summed E-state index contributed by atoms with van der Waals surface area (Å²) >= 11 is 9.29. The molecule has 0 aliphatic carbocycles. The molecule has 0 bridgehead atoms. The van der Waals surface area contributed by atoms with E-state index >= 15 is 0 Å². The van der Waals surface area contributed by atoms with E-state index in [4.69, 9.17) is 16.3 Å². The van der Waals surface area contributed by atoms with Gasteiger partial charge in [-0.15, -0.1) is 0 Å². The number of ether oxygens (including phenoxy) is 1. The average molecular weight is 419 g/mol. The molecule has 2 rings (SSSR count). The van der Waals surface area contributed by atoms with Crippen molar-refractivity contribution in [1.29, 1.82) is 0 Å². The second-order valence-corrected chi connectivity index (χ2v) is 7.86. The van der Waals surface area contributed by atoms with E-state index in [1.165, 1.54) is 6.07 Å². The highest BCUT2D eigenvalue weighted by atomic mass is 79.9. The van der Waals surface area contributed by atoms with E-state index < -0.39 is 10.0 Å². The zero-order valence-corrected chi connectivity index (χ0v) is 15.7. The second-order valence-electron chi connectivity index (χ2n) is 4.81. The third kappa shape index (κ3) is 5.02. The maximum absolute atomic E-state index is 12.4. The molecule has 0 radical (unpaired) electrons. The van der Waals surface area contributed by atoms with Crippen molar-refractivity contribution < 1.29 is 13.2 Å². The number of sulfonamides is 1. The van der Waals surface area contributed by atoms with Gasteiger partial charge in [-0.1, -0.05) is 51.8 Å². The van der Waals surface area contributed by atoms with E-state index in [1.807, 2.05) is 31.2 Å². The normalized spacial score (nSPS) is 11.6. The van der Waals surface area contributed by atoms with Crippen LogP contribution >= 0.6 is 27.5 Å². The monoisotopic (exact) mass is 417 g/mol. The third-order valence-electron chi connectivity index (χ3n) is 3.22. The van der Waals surface area contributed by atoms with Crippen molar-refractivity contribution in [2.24, 2.45) is 0 Å². The smallest absolute Gasteiger partial charge is 0.242 e. The van der Waals surface area contributed by atoms with Crippen LogP contribution in [-0.2, 0) is 27.9 Å². The maximum atomic E-state index is 12.4. The first kappa shape index (κ1) is 18.4. The van der Waals surface area contributed by atoms with E-state index in [-0.39, 0.29) is 16.5 Å². The molecule has 0 heterocycles. The maximum Gasteiger partial charge on any atom is 0.242 e. The molecule has 0 atom stereocenters. The molecular formula is C16H17BrClNO3S. The Morgan fingerprint density at radius 2 is 1.87 bits per heavy atom. The Morgan fingerprint density at radius 3 is 2.52 bits per heavy atom. The summed E-state index contributed by atoms with van der Waals surface area (Å²) in [5, 5.41) is 0.175. The standard InChI is InChI=1S/C16H17BrClNO3S/c1-2-22-11-13-6-4-3-5-12(13)10-19-23(20,21)16-8-7-14(17)9-15(16)18/h3-9,19H,2,10-11H2,1H3. The summed E-state index contributed by atoms with van der Waals surface area (Å²) in [5.41, 5.74) is 1.83. The van der Waals surface area contributed by atoms with Gasteiger partial charge in [0.2, 0.25) is 10.0 Å². The lowest BCUT2D eigenvalue weighted by Gasteiger charge is -2.12. The van der Waals surface area contributed by atoms with Gasteiger partial charge < -0.3 is 4.74 Å². The molecule has 0 spiro atoms. The fourth-order valence-electron chi connectivity index (χ4n) is 2.03. The van der Waals surface area contributed by atoms with Gasteiger partial charge in [0.05, 0.1) is 11.6 Å². The molecule has 7 heteroatoms. The number of rotatable bonds is 7. The SMILES string of the molecule is CCOCc1ccccc1CNS(=O)(=O)c1ccc(Br)cc1Cl. The van der Waals surface area contributed by atoms with Crippen LogP contribution in [0.3, 0.4) is 0 Å². The molecular weight excluding hydrogens is 402 g/mol. The van der Waals surface area contributed by atoms with Crippen LogP contribution in [0.1, 0.15) is 18.1 Å². The van der Waals surface area contributed by atoms with Crippen molar-refractivity contribution >= 4 is 37.6 Å². The molecule has 0 amide bonds. The second kappa shape index (κ2) is 8.26. The fraction of sp³-hybridized carbons (Fsp3) is 0.250. The highest BCUT2D eigenvalue weighted by Gasteiger charge is 2.18. The van der Waals surface area contributed by atoms with Crippen LogP contribution in [0, 0.1) is 0 Å². The lowest BCUT2D eigenvalue weighted by molar-refractivity contribution is 0.133. The summed E-state index contributed by atoms with van der Waals surface area (Å²) in [5.74, 6) is 0. The van der Waals surface area contributed by atoms with Gasteiger partial charge in [-0.2, -0.15) is 0 Å². The zero-order chi connectivity index (χ0) is 16.9. The summed E-state index contributed by atoms with van der Waals surface area (Å²) in [4.78, 5) is 0.0599. The van der Waals surface area contributed by atoms with Crippen LogP contribution < -0.4 is 4.72 Å². The van der Waals surface area contributed by atoms with Gasteiger partial charge in [0.1, 0.15) is 4.90 Å². The predicted molar refractivity (Wildman–Crippen MR) is 94.9 cm³/mol. The summed E-state index contributed by atoms with van der Waals surface area (Å²) in [6.45, 7) is 3.15. The largest absolute Gasteiger partial charge is 0.377 e. The van der Waals surface area contributed by atoms with Gasteiger partial charge in [-0.05, 0) is 36.2 Å². The van der Waals surface area contributed by atoms with Gasteiger partial charge in [-0.25, -0.2) is 13.1 Å². The fourth-order valence-corrected chi connectivity index (χ4v) is 4.07. The number of nitrogens with one attached hydrogen (secondary N) is 1. The van der Waals surface area contributed by atoms with Crippen LogP contribution in [0.25, 0.3) is 0 Å². The quantitative estimate of drug-likeness (QED) is 0.736. The topological polar surface area (TPSA) is 55.4 Å². The molecule has 1 N–H and O–H groups in total. The summed E-state index contributed by atoms with van der Waals surface area (Å²) in [7, 11) is -3.69. The van der Waals surface area contributed by atoms with E-state index in [0.717, 1.165) is 15.6 Å². The Hall–Kier alpha value is -0.920. The zero-order valence-electron chi connectivity index (χ0n) is 12.6. The van der Waals surface area contributed by atoms with Crippen LogP contribution in [0.15, 0.2) is 51.8 Å². The molecule has 2 aromatic carbocycles. The highest BCUT2D eigenvalue weighted by Crippen LogP contribution is 2.25. The van der Waals surface area contributed by atoms with Crippen LogP contribution in [-0.4, -0.2) is 15.0 Å². The Balaban J connectivity index is 2.16. The molecule has 2 aromatic rings. The number of hydrogen-bond donors (Lipinski definition) is 1. The predicted octanol–water partition coefficient (Wildman–Crippen LogP) is 4.12. The minimum absolute atomic E-state index is 0.0599. The lowest BCUT2D eigenvalue weighted by Crippen LogP contribution is -2.24. The van der Waals surface area contributed by atoms with E-state index in [2.05, 4.69) is 20.7 Å². The van der Waals surface area contributed by atoms with E-state index in [0.29, 0.717) is 13.2 Å². The lowest BCUT2D eigenvalue weighted by atomic mass is 10.1. The van der Waals surface area contributed by atoms with Gasteiger partial charge in [0, 0.05) is 17.6 Å². The van der Waals surface area contributed by atoms with Gasteiger partial charge in [-0.3, -0.25) is 0 Å². The molecule has 23 heavy (non-hydrogen) atoms. The summed E-state index contributed by atoms with van der Waals surface area (Å²) in [6, 6.07) is 12.2. The molecule has 0 aliphatic rings. The third-order valence-corrected chi connectivity index (χ3v) is 5.59. The van der Waals surface area contributed by atoms with Crippen molar-refractivity contribution in [1.82, 2.24) is 4.72 Å². The van der Waals surface area contributed by atoms with Crippen LogP contribution in [0.5, 0.6) is 0 Å². The Labute approximate surface area is 150 Å². The molecule has 0 saturated heterocycles. The summed E-state index contributed by atoms with van der Waals surface area (Å²) in [6.07, 6.45) is 0. The van der Waals surface area contributed by atoms with Crippen LogP contribution in [0.4, 0.5) is 0 Å². The molecule has 0 aromatic heterocycles. The summed E-state index contributed by atoms with van der Waals surface area (Å²) < 4.78 is 33.6. The first-order chi connectivity index (χ1) is 10.9. The van der Waals surface area contributed by atoms with Gasteiger partial charge >= 0.3 is 0 Å². The first-order valence-corrected chi connectivity index (χ1v) is 9.68. The highest BCUT2D eigenvalue weighted by molar-refractivity contribution is 9.10. The number of halogens is 2.